The molecule has 1 saturated heterocycles. The number of nitro groups is 1. The molecule has 11 heteroatoms. The van der Waals surface area contributed by atoms with Crippen molar-refractivity contribution in [2.75, 3.05) is 11.9 Å². The third-order valence-electron chi connectivity index (χ3n) is 4.91. The molecular formula is C23H16ClN3O6S. The van der Waals surface area contributed by atoms with Crippen LogP contribution in [-0.4, -0.2) is 33.4 Å². The normalized spacial score (nSPS) is 14.6. The van der Waals surface area contributed by atoms with E-state index < -0.39 is 28.5 Å². The fraction of sp³-hybridized carbons (Fsp3) is 0.0870. The summed E-state index contributed by atoms with van der Waals surface area (Å²) < 4.78 is 5.77. The van der Waals surface area contributed by atoms with Crippen LogP contribution < -0.4 is 5.32 Å². The molecule has 1 aliphatic heterocycles. The lowest BCUT2D eigenvalue weighted by atomic mass is 10.1. The molecule has 1 aromatic heterocycles. The van der Waals surface area contributed by atoms with Crippen molar-refractivity contribution < 1.29 is 23.7 Å². The minimum Gasteiger partial charge on any atom is -0.457 e. The van der Waals surface area contributed by atoms with Crippen molar-refractivity contribution in [3.05, 3.63) is 86.0 Å². The first-order chi connectivity index (χ1) is 16.2. The summed E-state index contributed by atoms with van der Waals surface area (Å²) in [6, 6.07) is 14.3. The average Bonchev–Trinajstić information content (AvgIpc) is 3.35. The van der Waals surface area contributed by atoms with Gasteiger partial charge in [0.05, 0.1) is 20.5 Å². The van der Waals surface area contributed by atoms with Crippen LogP contribution in [0.25, 0.3) is 17.4 Å². The number of nitrogens with one attached hydrogen (secondary N) is 1. The van der Waals surface area contributed by atoms with Crippen LogP contribution in [0.3, 0.4) is 0 Å². The standard InChI is InChI=1S/C23H16ClN3O6S/c1-13-10-14(27(31)32)6-8-16(13)19-9-7-15(33-19)11-20-22(29)26(23(30)34-20)12-21(28)25-18-5-3-2-4-17(18)24/h2-11H,12H2,1H3,(H,25,28)/b20-11-. The van der Waals surface area contributed by atoms with Crippen LogP contribution in [0, 0.1) is 17.0 Å². The first kappa shape index (κ1) is 23.3. The van der Waals surface area contributed by atoms with Crippen molar-refractivity contribution >= 4 is 57.9 Å². The van der Waals surface area contributed by atoms with Crippen molar-refractivity contribution in [1.82, 2.24) is 4.90 Å². The van der Waals surface area contributed by atoms with E-state index in [1.165, 1.54) is 18.2 Å². The summed E-state index contributed by atoms with van der Waals surface area (Å²) in [5, 5.41) is 13.3. The van der Waals surface area contributed by atoms with Gasteiger partial charge >= 0.3 is 0 Å². The zero-order valence-corrected chi connectivity index (χ0v) is 19.2. The predicted molar refractivity (Wildman–Crippen MR) is 128 cm³/mol. The van der Waals surface area contributed by atoms with Gasteiger partial charge in [-0.25, -0.2) is 0 Å². The van der Waals surface area contributed by atoms with E-state index in [0.717, 1.165) is 4.90 Å². The van der Waals surface area contributed by atoms with Crippen molar-refractivity contribution in [1.29, 1.82) is 0 Å². The van der Waals surface area contributed by atoms with E-state index in [1.54, 1.807) is 49.4 Å². The number of non-ortho nitro benzene ring substituents is 1. The minimum atomic E-state index is -0.617. The molecule has 1 N–H and O–H groups in total. The molecule has 4 rings (SSSR count). The lowest BCUT2D eigenvalue weighted by molar-refractivity contribution is -0.384. The Morgan fingerprint density at radius 1 is 1.21 bits per heavy atom. The number of hydrogen-bond acceptors (Lipinski definition) is 7. The van der Waals surface area contributed by atoms with E-state index in [9.17, 15) is 24.5 Å². The number of imide groups is 1. The Kier molecular flexibility index (Phi) is 6.53. The molecule has 0 aliphatic carbocycles. The number of anilines is 1. The van der Waals surface area contributed by atoms with Gasteiger partial charge in [-0.15, -0.1) is 0 Å². The predicted octanol–water partition coefficient (Wildman–Crippen LogP) is 5.49. The number of nitro benzene ring substituents is 1. The van der Waals surface area contributed by atoms with Crippen molar-refractivity contribution in [2.24, 2.45) is 0 Å². The first-order valence-electron chi connectivity index (χ1n) is 9.88. The lowest BCUT2D eigenvalue weighted by Crippen LogP contribution is -2.36. The molecule has 1 fully saturated rings. The first-order valence-corrected chi connectivity index (χ1v) is 11.1. The number of nitrogens with zero attached hydrogens (tertiary/aromatic N) is 2. The van der Waals surface area contributed by atoms with Crippen LogP contribution in [0.15, 0.2) is 63.9 Å². The zero-order chi connectivity index (χ0) is 24.4. The molecule has 3 amide bonds. The summed E-state index contributed by atoms with van der Waals surface area (Å²) in [4.78, 5) is 48.8. The Labute approximate surface area is 202 Å². The molecule has 0 atom stereocenters. The van der Waals surface area contributed by atoms with Crippen LogP contribution in [-0.2, 0) is 9.59 Å². The Hall–Kier alpha value is -3.89. The van der Waals surface area contributed by atoms with Gasteiger partial charge in [0, 0.05) is 23.8 Å². The van der Waals surface area contributed by atoms with Gasteiger partial charge in [0.25, 0.3) is 16.8 Å². The van der Waals surface area contributed by atoms with Crippen LogP contribution in [0.1, 0.15) is 11.3 Å². The van der Waals surface area contributed by atoms with Crippen molar-refractivity contribution in [3.8, 4) is 11.3 Å². The Morgan fingerprint density at radius 3 is 2.68 bits per heavy atom. The zero-order valence-electron chi connectivity index (χ0n) is 17.6. The highest BCUT2D eigenvalue weighted by Gasteiger charge is 2.36. The van der Waals surface area contributed by atoms with E-state index in [-0.39, 0.29) is 10.6 Å². The van der Waals surface area contributed by atoms with Gasteiger partial charge in [-0.2, -0.15) is 0 Å². The fourth-order valence-corrected chi connectivity index (χ4v) is 4.28. The number of amides is 3. The topological polar surface area (TPSA) is 123 Å². The van der Waals surface area contributed by atoms with Gasteiger partial charge in [0.1, 0.15) is 18.1 Å². The van der Waals surface area contributed by atoms with Crippen LogP contribution in [0.4, 0.5) is 16.2 Å². The maximum atomic E-state index is 12.7. The molecule has 2 heterocycles. The fourth-order valence-electron chi connectivity index (χ4n) is 3.27. The van der Waals surface area contributed by atoms with E-state index in [2.05, 4.69) is 5.32 Å². The average molecular weight is 498 g/mol. The van der Waals surface area contributed by atoms with Gasteiger partial charge in [0.2, 0.25) is 5.91 Å². The van der Waals surface area contributed by atoms with Gasteiger partial charge in [-0.3, -0.25) is 29.4 Å². The summed E-state index contributed by atoms with van der Waals surface area (Å²) >= 11 is 6.72. The van der Waals surface area contributed by atoms with Gasteiger partial charge in [0.15, 0.2) is 0 Å². The number of thioether (sulfide) groups is 1. The Morgan fingerprint density at radius 2 is 1.97 bits per heavy atom. The summed E-state index contributed by atoms with van der Waals surface area (Å²) in [7, 11) is 0. The Bertz CT molecular complexity index is 1370. The number of benzene rings is 2. The smallest absolute Gasteiger partial charge is 0.294 e. The lowest BCUT2D eigenvalue weighted by Gasteiger charge is -2.13. The van der Waals surface area contributed by atoms with Crippen LogP contribution in [0.2, 0.25) is 5.02 Å². The number of para-hydroxylation sites is 1. The minimum absolute atomic E-state index is 0.0275. The largest absolute Gasteiger partial charge is 0.457 e. The van der Waals surface area contributed by atoms with Crippen LogP contribution in [0.5, 0.6) is 0 Å². The molecule has 3 aromatic rings. The van der Waals surface area contributed by atoms with Gasteiger partial charge in [-0.1, -0.05) is 23.7 Å². The number of carbonyl (C=O) groups excluding carboxylic acids is 3. The molecule has 2 aromatic carbocycles. The van der Waals surface area contributed by atoms with E-state index in [0.29, 0.717) is 45.1 Å². The number of hydrogen-bond donors (Lipinski definition) is 1. The van der Waals surface area contributed by atoms with Crippen molar-refractivity contribution in [2.45, 2.75) is 6.92 Å². The van der Waals surface area contributed by atoms with E-state index >= 15 is 0 Å². The number of aryl methyl sites for hydroxylation is 1. The van der Waals surface area contributed by atoms with Crippen molar-refractivity contribution in [3.63, 3.8) is 0 Å². The highest BCUT2D eigenvalue weighted by molar-refractivity contribution is 8.18. The van der Waals surface area contributed by atoms with E-state index in [4.69, 9.17) is 16.0 Å². The third-order valence-corrected chi connectivity index (χ3v) is 6.15. The second-order valence-corrected chi connectivity index (χ2v) is 8.65. The number of halogens is 1. The maximum absolute atomic E-state index is 12.7. The molecule has 172 valence electrons. The molecule has 0 bridgehead atoms. The second-order valence-electron chi connectivity index (χ2n) is 7.25. The molecule has 9 nitrogen and oxygen atoms in total. The summed E-state index contributed by atoms with van der Waals surface area (Å²) in [5.74, 6) is -0.407. The molecule has 0 spiro atoms. The number of furan rings is 1. The number of carbonyl (C=O) groups is 3. The quantitative estimate of drug-likeness (QED) is 0.271. The molecule has 1 aliphatic rings. The maximum Gasteiger partial charge on any atom is 0.294 e. The summed E-state index contributed by atoms with van der Waals surface area (Å²) in [6.45, 7) is 1.27. The number of rotatable bonds is 6. The molecule has 34 heavy (non-hydrogen) atoms. The molecule has 0 unspecified atom stereocenters. The van der Waals surface area contributed by atoms with Crippen LogP contribution >= 0.6 is 23.4 Å². The third kappa shape index (κ3) is 4.87. The van der Waals surface area contributed by atoms with Gasteiger partial charge < -0.3 is 9.73 Å². The molecule has 0 radical (unpaired) electrons. The summed E-state index contributed by atoms with van der Waals surface area (Å²) in [6.07, 6.45) is 1.42. The Balaban J connectivity index is 1.47. The monoisotopic (exact) mass is 497 g/mol. The molecule has 0 saturated carbocycles. The van der Waals surface area contributed by atoms with E-state index in [1.807, 2.05) is 0 Å². The molecular weight excluding hydrogens is 482 g/mol. The van der Waals surface area contributed by atoms with Gasteiger partial charge in [-0.05, 0) is 54.6 Å². The highest BCUT2D eigenvalue weighted by atomic mass is 35.5. The second kappa shape index (κ2) is 9.54. The highest BCUT2D eigenvalue weighted by Crippen LogP contribution is 2.34. The summed E-state index contributed by atoms with van der Waals surface area (Å²) in [5.41, 5.74) is 1.66. The SMILES string of the molecule is Cc1cc([N+](=O)[O-])ccc1-c1ccc(/C=C2\SC(=O)N(CC(=O)Nc3ccccc3Cl)C2=O)o1.